The molecule has 3 nitrogen and oxygen atoms in total. The topological polar surface area (TPSA) is 46.3 Å². The van der Waals surface area contributed by atoms with Crippen LogP contribution < -0.4 is 5.73 Å². The lowest BCUT2D eigenvalue weighted by atomic mass is 10.1. The van der Waals surface area contributed by atoms with Crippen LogP contribution in [0.5, 0.6) is 0 Å². The molecule has 1 heterocycles. The van der Waals surface area contributed by atoms with Gasteiger partial charge in [-0.1, -0.05) is 0 Å². The number of nitrogens with zero attached hydrogens (tertiary/aromatic N) is 1. The fourth-order valence-electron chi connectivity index (χ4n) is 3.07. The smallest absolute Gasteiger partial charge is 0.226 e. The quantitative estimate of drug-likeness (QED) is 0.919. The summed E-state index contributed by atoms with van der Waals surface area (Å²) in [5.41, 5.74) is 5.94. The van der Waals surface area contributed by atoms with E-state index >= 15 is 0 Å². The first-order valence-corrected chi connectivity index (χ1v) is 7.04. The number of hydrogen-bond acceptors (Lipinski definition) is 2. The molecule has 3 rings (SSSR count). The highest BCUT2D eigenvalue weighted by Crippen LogP contribution is 2.49. The molecule has 1 aromatic carbocycles. The fraction of sp³-hybridized carbons (Fsp3) is 0.533. The number of hydrogen-bond donors (Lipinski definition) is 1. The Morgan fingerprint density at radius 2 is 2.20 bits per heavy atom. The van der Waals surface area contributed by atoms with Gasteiger partial charge in [0, 0.05) is 19.0 Å². The van der Waals surface area contributed by atoms with Crippen molar-refractivity contribution in [2.24, 2.45) is 17.6 Å². The van der Waals surface area contributed by atoms with Crippen molar-refractivity contribution in [3.05, 3.63) is 35.4 Å². The number of carbonyl (C=O) groups is 1. The monoisotopic (exact) mass is 280 g/mol. The number of nitrogens with two attached hydrogens (primary N) is 1. The summed E-state index contributed by atoms with van der Waals surface area (Å²) >= 11 is 0. The molecule has 1 amide bonds. The van der Waals surface area contributed by atoms with Gasteiger partial charge in [0.15, 0.2) is 0 Å². The van der Waals surface area contributed by atoms with Crippen molar-refractivity contribution in [2.75, 3.05) is 19.6 Å². The second-order valence-electron chi connectivity index (χ2n) is 5.79. The first-order chi connectivity index (χ1) is 9.60. The highest BCUT2D eigenvalue weighted by molar-refractivity contribution is 5.83. The number of rotatable bonds is 3. The molecule has 2 fully saturated rings. The molecule has 1 aromatic rings. The molecular weight excluding hydrogens is 262 g/mol. The Labute approximate surface area is 116 Å². The van der Waals surface area contributed by atoms with E-state index in [0.29, 0.717) is 31.0 Å². The minimum atomic E-state index is -0.455. The molecule has 1 aliphatic heterocycles. The molecule has 0 radical (unpaired) electrons. The Hall–Kier alpha value is -1.49. The van der Waals surface area contributed by atoms with Gasteiger partial charge in [-0.15, -0.1) is 0 Å². The molecule has 1 aliphatic carbocycles. The van der Waals surface area contributed by atoms with E-state index in [0.717, 1.165) is 25.1 Å². The molecule has 2 N–H and O–H groups in total. The van der Waals surface area contributed by atoms with Crippen LogP contribution in [0.2, 0.25) is 0 Å². The summed E-state index contributed by atoms with van der Waals surface area (Å²) in [6.07, 6.45) is 1.55. The third-order valence-corrected chi connectivity index (χ3v) is 4.40. The second kappa shape index (κ2) is 5.13. The van der Waals surface area contributed by atoms with Gasteiger partial charge in [0.05, 0.1) is 0 Å². The predicted octanol–water partition coefficient (Wildman–Crippen LogP) is 1.88. The van der Waals surface area contributed by atoms with E-state index in [-0.39, 0.29) is 17.7 Å². The molecule has 108 valence electrons. The van der Waals surface area contributed by atoms with Crippen molar-refractivity contribution >= 4 is 5.91 Å². The van der Waals surface area contributed by atoms with Crippen LogP contribution in [-0.4, -0.2) is 30.4 Å². The maximum atomic E-state index is 13.7. The Morgan fingerprint density at radius 1 is 1.40 bits per heavy atom. The van der Waals surface area contributed by atoms with Gasteiger partial charge in [-0.25, -0.2) is 8.78 Å². The van der Waals surface area contributed by atoms with Gasteiger partial charge in [-0.2, -0.15) is 0 Å². The van der Waals surface area contributed by atoms with E-state index in [2.05, 4.69) is 0 Å². The van der Waals surface area contributed by atoms with Crippen LogP contribution in [0, 0.1) is 23.5 Å². The van der Waals surface area contributed by atoms with Crippen LogP contribution in [0.3, 0.4) is 0 Å². The number of likely N-dealkylation sites (tertiary alicyclic amines) is 1. The van der Waals surface area contributed by atoms with Crippen molar-refractivity contribution in [1.29, 1.82) is 0 Å². The van der Waals surface area contributed by atoms with Crippen LogP contribution in [0.1, 0.15) is 24.3 Å². The summed E-state index contributed by atoms with van der Waals surface area (Å²) in [7, 11) is 0. The van der Waals surface area contributed by atoms with Crippen molar-refractivity contribution in [3.63, 3.8) is 0 Å². The first kappa shape index (κ1) is 13.5. The molecule has 0 aromatic heterocycles. The lowest BCUT2D eigenvalue weighted by Gasteiger charge is -2.16. The largest absolute Gasteiger partial charge is 0.342 e. The summed E-state index contributed by atoms with van der Waals surface area (Å²) in [6, 6.07) is 3.44. The zero-order chi connectivity index (χ0) is 14.3. The Bertz CT molecular complexity index is 535. The fourth-order valence-corrected chi connectivity index (χ4v) is 3.07. The molecule has 5 heteroatoms. The van der Waals surface area contributed by atoms with Crippen molar-refractivity contribution < 1.29 is 13.6 Å². The summed E-state index contributed by atoms with van der Waals surface area (Å²) in [5.74, 6) is -0.800. The molecule has 0 bridgehead atoms. The van der Waals surface area contributed by atoms with Gasteiger partial charge in [0.25, 0.3) is 0 Å². The van der Waals surface area contributed by atoms with Gasteiger partial charge in [-0.3, -0.25) is 4.79 Å². The molecular formula is C15H18F2N2O. The van der Waals surface area contributed by atoms with Crippen LogP contribution >= 0.6 is 0 Å². The standard InChI is InChI=1S/C15H18F2N2O/c16-10-1-2-14(17)12(5-10)11-6-13(11)15(20)19-4-3-9(7-18)8-19/h1-2,5,9,11,13H,3-4,6-8,18H2. The average Bonchev–Trinajstić information content (AvgIpc) is 3.09. The highest BCUT2D eigenvalue weighted by atomic mass is 19.1. The molecule has 20 heavy (non-hydrogen) atoms. The molecule has 2 aliphatic rings. The van der Waals surface area contributed by atoms with E-state index in [9.17, 15) is 13.6 Å². The lowest BCUT2D eigenvalue weighted by molar-refractivity contribution is -0.131. The van der Waals surface area contributed by atoms with Gasteiger partial charge in [0.1, 0.15) is 11.6 Å². The molecule has 1 saturated carbocycles. The zero-order valence-corrected chi connectivity index (χ0v) is 11.2. The predicted molar refractivity (Wildman–Crippen MR) is 70.9 cm³/mol. The third-order valence-electron chi connectivity index (χ3n) is 4.40. The van der Waals surface area contributed by atoms with Gasteiger partial charge in [-0.05, 0) is 55.0 Å². The van der Waals surface area contributed by atoms with Crippen LogP contribution in [0.15, 0.2) is 18.2 Å². The number of halogens is 2. The molecule has 3 atom stereocenters. The van der Waals surface area contributed by atoms with Gasteiger partial charge in [0.2, 0.25) is 5.91 Å². The number of amides is 1. The van der Waals surface area contributed by atoms with Crippen molar-refractivity contribution in [1.82, 2.24) is 4.90 Å². The maximum Gasteiger partial charge on any atom is 0.226 e. The first-order valence-electron chi connectivity index (χ1n) is 7.04. The molecule has 3 unspecified atom stereocenters. The minimum absolute atomic E-state index is 0.0645. The Morgan fingerprint density at radius 3 is 2.90 bits per heavy atom. The normalized spacial score (nSPS) is 28.8. The van der Waals surface area contributed by atoms with Crippen molar-refractivity contribution in [2.45, 2.75) is 18.8 Å². The summed E-state index contributed by atoms with van der Waals surface area (Å²) in [4.78, 5) is 14.1. The van der Waals surface area contributed by atoms with E-state index in [4.69, 9.17) is 5.73 Å². The minimum Gasteiger partial charge on any atom is -0.342 e. The maximum absolute atomic E-state index is 13.7. The van der Waals surface area contributed by atoms with E-state index in [1.165, 1.54) is 6.07 Å². The van der Waals surface area contributed by atoms with Crippen LogP contribution in [0.25, 0.3) is 0 Å². The second-order valence-corrected chi connectivity index (χ2v) is 5.79. The highest BCUT2D eigenvalue weighted by Gasteiger charge is 2.47. The number of carbonyl (C=O) groups excluding carboxylic acids is 1. The van der Waals surface area contributed by atoms with E-state index in [1.54, 1.807) is 0 Å². The van der Waals surface area contributed by atoms with Gasteiger partial charge >= 0.3 is 0 Å². The zero-order valence-electron chi connectivity index (χ0n) is 11.2. The Kier molecular flexibility index (Phi) is 3.46. The van der Waals surface area contributed by atoms with Crippen LogP contribution in [0.4, 0.5) is 8.78 Å². The summed E-state index contributed by atoms with van der Waals surface area (Å²) < 4.78 is 26.9. The van der Waals surface area contributed by atoms with Crippen LogP contribution in [-0.2, 0) is 4.79 Å². The van der Waals surface area contributed by atoms with E-state index < -0.39 is 11.6 Å². The van der Waals surface area contributed by atoms with Crippen molar-refractivity contribution in [3.8, 4) is 0 Å². The summed E-state index contributed by atoms with van der Waals surface area (Å²) in [5, 5.41) is 0. The van der Waals surface area contributed by atoms with E-state index in [1.807, 2.05) is 4.90 Å². The summed E-state index contributed by atoms with van der Waals surface area (Å²) in [6.45, 7) is 2.02. The molecule has 1 saturated heterocycles. The number of benzene rings is 1. The third kappa shape index (κ3) is 2.42. The lowest BCUT2D eigenvalue weighted by Crippen LogP contribution is -2.31. The van der Waals surface area contributed by atoms with Gasteiger partial charge < -0.3 is 10.6 Å². The Balaban J connectivity index is 1.67. The SMILES string of the molecule is NCC1CCN(C(=O)C2CC2c2cc(F)ccc2F)C1. The average molecular weight is 280 g/mol. The molecule has 0 spiro atoms.